The van der Waals surface area contributed by atoms with Gasteiger partial charge >= 0.3 is 0 Å². The highest BCUT2D eigenvalue weighted by molar-refractivity contribution is 7.80. The Morgan fingerprint density at radius 2 is 2.00 bits per heavy atom. The molecule has 2 atom stereocenters. The number of carbonyl (C=O) groups is 1. The van der Waals surface area contributed by atoms with Gasteiger partial charge in [0.05, 0.1) is 11.0 Å². The van der Waals surface area contributed by atoms with Crippen LogP contribution in [0.3, 0.4) is 0 Å². The summed E-state index contributed by atoms with van der Waals surface area (Å²) >= 11 is 5.10. The van der Waals surface area contributed by atoms with Crippen LogP contribution in [0.15, 0.2) is 24.3 Å². The average Bonchev–Trinajstić information content (AvgIpc) is 2.95. The highest BCUT2D eigenvalue weighted by atomic mass is 32.1. The maximum Gasteiger partial charge on any atom is 0.226 e. The SMILES string of the molecule is NC(=S)C1CCCN1C(=O)C1CCc2ccccc2C1. The second-order valence-corrected chi connectivity index (χ2v) is 6.27. The monoisotopic (exact) mass is 288 g/mol. The fourth-order valence-corrected chi connectivity index (χ4v) is 3.71. The molecular weight excluding hydrogens is 268 g/mol. The summed E-state index contributed by atoms with van der Waals surface area (Å²) in [5.74, 6) is 0.342. The summed E-state index contributed by atoms with van der Waals surface area (Å²) in [5.41, 5.74) is 8.48. The zero-order valence-corrected chi connectivity index (χ0v) is 12.4. The molecule has 3 nitrogen and oxygen atoms in total. The van der Waals surface area contributed by atoms with Crippen molar-refractivity contribution in [3.8, 4) is 0 Å². The number of nitrogens with zero attached hydrogens (tertiary/aromatic N) is 1. The Kier molecular flexibility index (Phi) is 3.74. The minimum absolute atomic E-state index is 0.0188. The van der Waals surface area contributed by atoms with Gasteiger partial charge in [0.15, 0.2) is 0 Å². The minimum Gasteiger partial charge on any atom is -0.392 e. The first-order chi connectivity index (χ1) is 9.66. The number of hydrogen-bond acceptors (Lipinski definition) is 2. The summed E-state index contributed by atoms with van der Waals surface area (Å²) in [6.45, 7) is 0.805. The van der Waals surface area contributed by atoms with Crippen LogP contribution < -0.4 is 5.73 Å². The van der Waals surface area contributed by atoms with Crippen LogP contribution >= 0.6 is 12.2 Å². The van der Waals surface area contributed by atoms with E-state index in [1.54, 1.807) is 0 Å². The van der Waals surface area contributed by atoms with Gasteiger partial charge in [-0.1, -0.05) is 36.5 Å². The van der Waals surface area contributed by atoms with Crippen LogP contribution in [0.5, 0.6) is 0 Å². The van der Waals surface area contributed by atoms with E-state index in [1.165, 1.54) is 11.1 Å². The fraction of sp³-hybridized carbons (Fsp3) is 0.500. The molecule has 1 aliphatic heterocycles. The molecule has 1 fully saturated rings. The van der Waals surface area contributed by atoms with Gasteiger partial charge in [-0.15, -0.1) is 0 Å². The van der Waals surface area contributed by atoms with Gasteiger partial charge in [0.2, 0.25) is 5.91 Å². The number of likely N-dealkylation sites (tertiary alicyclic amines) is 1. The molecular formula is C16H20N2OS. The van der Waals surface area contributed by atoms with Crippen LogP contribution in [0.4, 0.5) is 0 Å². The average molecular weight is 288 g/mol. The van der Waals surface area contributed by atoms with Gasteiger partial charge in [-0.05, 0) is 43.2 Å². The van der Waals surface area contributed by atoms with Crippen molar-refractivity contribution in [3.63, 3.8) is 0 Å². The molecule has 20 heavy (non-hydrogen) atoms. The molecule has 106 valence electrons. The summed E-state index contributed by atoms with van der Waals surface area (Å²) < 4.78 is 0. The molecule has 0 bridgehead atoms. The molecule has 1 heterocycles. The fourth-order valence-electron chi connectivity index (χ4n) is 3.47. The van der Waals surface area contributed by atoms with E-state index in [-0.39, 0.29) is 17.9 Å². The molecule has 2 unspecified atom stereocenters. The van der Waals surface area contributed by atoms with Crippen LogP contribution in [-0.4, -0.2) is 28.4 Å². The Morgan fingerprint density at radius 1 is 1.25 bits per heavy atom. The van der Waals surface area contributed by atoms with Gasteiger partial charge in [0, 0.05) is 12.5 Å². The number of fused-ring (bicyclic) bond motifs is 1. The smallest absolute Gasteiger partial charge is 0.226 e. The van der Waals surface area contributed by atoms with Crippen LogP contribution in [-0.2, 0) is 17.6 Å². The molecule has 4 heteroatoms. The van der Waals surface area contributed by atoms with E-state index in [9.17, 15) is 4.79 Å². The first kappa shape index (κ1) is 13.6. The van der Waals surface area contributed by atoms with E-state index >= 15 is 0 Å². The van der Waals surface area contributed by atoms with Gasteiger partial charge in [-0.3, -0.25) is 4.79 Å². The van der Waals surface area contributed by atoms with Crippen molar-refractivity contribution in [1.29, 1.82) is 0 Å². The van der Waals surface area contributed by atoms with Crippen molar-refractivity contribution in [3.05, 3.63) is 35.4 Å². The number of hydrogen-bond donors (Lipinski definition) is 1. The number of aryl methyl sites for hydroxylation is 1. The summed E-state index contributed by atoms with van der Waals surface area (Å²) in [6.07, 6.45) is 4.73. The lowest BCUT2D eigenvalue weighted by Crippen LogP contribution is -2.46. The third-order valence-corrected chi connectivity index (χ3v) is 4.83. The third kappa shape index (κ3) is 2.44. The highest BCUT2D eigenvalue weighted by Crippen LogP contribution is 2.29. The van der Waals surface area contributed by atoms with E-state index in [0.29, 0.717) is 4.99 Å². The Morgan fingerprint density at radius 3 is 2.75 bits per heavy atom. The Labute approximate surface area is 125 Å². The van der Waals surface area contributed by atoms with Crippen molar-refractivity contribution < 1.29 is 4.79 Å². The van der Waals surface area contributed by atoms with Gasteiger partial charge in [-0.2, -0.15) is 0 Å². The van der Waals surface area contributed by atoms with Crippen LogP contribution in [0.2, 0.25) is 0 Å². The summed E-state index contributed by atoms with van der Waals surface area (Å²) in [6, 6.07) is 8.42. The summed E-state index contributed by atoms with van der Waals surface area (Å²) in [4.78, 5) is 15.1. The highest BCUT2D eigenvalue weighted by Gasteiger charge is 2.35. The lowest BCUT2D eigenvalue weighted by Gasteiger charge is -2.31. The van der Waals surface area contributed by atoms with Gasteiger partial charge in [-0.25, -0.2) is 0 Å². The summed E-state index contributed by atoms with van der Waals surface area (Å²) in [7, 11) is 0. The number of thiocarbonyl (C=S) groups is 1. The predicted molar refractivity (Wildman–Crippen MR) is 83.5 cm³/mol. The number of nitrogens with two attached hydrogens (primary N) is 1. The van der Waals surface area contributed by atoms with Crippen LogP contribution in [0, 0.1) is 5.92 Å². The largest absolute Gasteiger partial charge is 0.392 e. The second-order valence-electron chi connectivity index (χ2n) is 5.80. The van der Waals surface area contributed by atoms with Crippen molar-refractivity contribution in [2.45, 2.75) is 38.1 Å². The Bertz CT molecular complexity index is 543. The first-order valence-electron chi connectivity index (χ1n) is 7.33. The molecule has 0 spiro atoms. The molecule has 0 saturated carbocycles. The molecule has 1 aromatic carbocycles. The molecule has 1 aliphatic carbocycles. The van der Waals surface area contributed by atoms with Crippen molar-refractivity contribution in [2.75, 3.05) is 6.54 Å². The van der Waals surface area contributed by atoms with E-state index in [1.807, 2.05) is 4.90 Å². The zero-order valence-electron chi connectivity index (χ0n) is 11.5. The number of carbonyl (C=O) groups excluding carboxylic acids is 1. The predicted octanol–water partition coefficient (Wildman–Crippen LogP) is 2.07. The topological polar surface area (TPSA) is 46.3 Å². The summed E-state index contributed by atoms with van der Waals surface area (Å²) in [5, 5.41) is 0. The standard InChI is InChI=1S/C16H20N2OS/c17-15(20)14-6-3-9-18(14)16(19)13-8-7-11-4-1-2-5-12(11)10-13/h1-2,4-5,13-14H,3,6-10H2,(H2,17,20). The van der Waals surface area contributed by atoms with Gasteiger partial charge in [0.25, 0.3) is 0 Å². The number of rotatable bonds is 2. The van der Waals surface area contributed by atoms with E-state index < -0.39 is 0 Å². The molecule has 1 aromatic rings. The molecule has 2 N–H and O–H groups in total. The first-order valence-corrected chi connectivity index (χ1v) is 7.74. The van der Waals surface area contributed by atoms with E-state index in [2.05, 4.69) is 24.3 Å². The maximum absolute atomic E-state index is 12.7. The van der Waals surface area contributed by atoms with Gasteiger partial charge < -0.3 is 10.6 Å². The zero-order chi connectivity index (χ0) is 14.1. The van der Waals surface area contributed by atoms with Crippen molar-refractivity contribution in [1.82, 2.24) is 4.90 Å². The van der Waals surface area contributed by atoms with E-state index in [4.69, 9.17) is 18.0 Å². The molecule has 0 radical (unpaired) electrons. The molecule has 1 amide bonds. The Hall–Kier alpha value is -1.42. The lowest BCUT2D eigenvalue weighted by molar-refractivity contribution is -0.135. The van der Waals surface area contributed by atoms with Crippen LogP contribution in [0.25, 0.3) is 0 Å². The third-order valence-electron chi connectivity index (χ3n) is 4.56. The van der Waals surface area contributed by atoms with Crippen LogP contribution in [0.1, 0.15) is 30.4 Å². The normalized spacial score (nSPS) is 25.3. The number of benzene rings is 1. The minimum atomic E-state index is -0.0188. The van der Waals surface area contributed by atoms with Gasteiger partial charge in [0.1, 0.15) is 0 Å². The number of amides is 1. The molecule has 2 aliphatic rings. The molecule has 0 aromatic heterocycles. The lowest BCUT2D eigenvalue weighted by atomic mass is 9.83. The molecule has 3 rings (SSSR count). The quantitative estimate of drug-likeness (QED) is 0.847. The Balaban J connectivity index is 1.74. The van der Waals surface area contributed by atoms with Crippen molar-refractivity contribution in [2.24, 2.45) is 11.7 Å². The second kappa shape index (κ2) is 5.52. The van der Waals surface area contributed by atoms with Crippen molar-refractivity contribution >= 4 is 23.1 Å². The maximum atomic E-state index is 12.7. The molecule has 1 saturated heterocycles. The van der Waals surface area contributed by atoms with E-state index in [0.717, 1.165) is 38.6 Å².